The molecule has 1 unspecified atom stereocenters. The normalized spacial score (nSPS) is 23.1. The molecule has 20 heavy (non-hydrogen) atoms. The molecule has 2 rings (SSSR count). The van der Waals surface area contributed by atoms with Crippen molar-refractivity contribution in [1.29, 1.82) is 0 Å². The zero-order chi connectivity index (χ0) is 14.9. The number of halogens is 5. The van der Waals surface area contributed by atoms with Crippen molar-refractivity contribution in [3.05, 3.63) is 47.4 Å². The minimum absolute atomic E-state index is 0.272. The average Bonchev–Trinajstić information content (AvgIpc) is 2.75. The van der Waals surface area contributed by atoms with Gasteiger partial charge in [0.05, 0.1) is 11.1 Å². The maximum atomic E-state index is 12.1. The second-order valence-corrected chi connectivity index (χ2v) is 6.80. The van der Waals surface area contributed by atoms with Crippen LogP contribution in [0.4, 0.5) is 19.4 Å². The van der Waals surface area contributed by atoms with Gasteiger partial charge in [-0.2, -0.15) is 0 Å². The molecule has 112 valence electrons. The van der Waals surface area contributed by atoms with Crippen LogP contribution in [0.25, 0.3) is 0 Å². The van der Waals surface area contributed by atoms with Crippen LogP contribution in [0.2, 0.25) is 0 Å². The van der Waals surface area contributed by atoms with Gasteiger partial charge >= 0.3 is 10.2 Å². The summed E-state index contributed by atoms with van der Waals surface area (Å²) in [7, 11) is -9.48. The first-order valence-corrected chi connectivity index (χ1v) is 7.74. The highest BCUT2D eigenvalue weighted by Gasteiger charge is 2.60. The Balaban J connectivity index is 1.93. The summed E-state index contributed by atoms with van der Waals surface area (Å²) >= 11 is 0. The first-order chi connectivity index (χ1) is 9.02. The van der Waals surface area contributed by atoms with Gasteiger partial charge in [-0.15, -0.1) is 0 Å². The Labute approximate surface area is 112 Å². The van der Waals surface area contributed by atoms with Crippen molar-refractivity contribution in [2.24, 2.45) is 5.16 Å². The molecule has 1 heterocycles. The molecule has 1 aromatic carbocycles. The monoisotopic (exact) mass is 313 g/mol. The van der Waals surface area contributed by atoms with E-state index < -0.39 is 21.7 Å². The molecule has 1 atom stereocenters. The van der Waals surface area contributed by atoms with Crippen LogP contribution in [0.5, 0.6) is 0 Å². The van der Waals surface area contributed by atoms with Gasteiger partial charge in [0.1, 0.15) is 6.10 Å². The molecule has 1 aromatic rings. The van der Waals surface area contributed by atoms with Crippen molar-refractivity contribution >= 4 is 15.9 Å². The van der Waals surface area contributed by atoms with Crippen LogP contribution in [0, 0.1) is 0 Å². The maximum Gasteiger partial charge on any atom is 0.304 e. The molecule has 8 heteroatoms. The van der Waals surface area contributed by atoms with Crippen LogP contribution in [-0.2, 0) is 4.84 Å². The molecule has 0 radical (unpaired) electrons. The lowest BCUT2D eigenvalue weighted by Gasteiger charge is -2.36. The number of benzene rings is 1. The SMILES string of the molecule is FS(F)(F)(F)(F)/C=C/CC1CC(c2ccccc2)=NO1. The van der Waals surface area contributed by atoms with E-state index in [0.717, 1.165) is 5.56 Å². The van der Waals surface area contributed by atoms with Crippen LogP contribution in [-0.4, -0.2) is 11.8 Å². The highest BCUT2D eigenvalue weighted by molar-refractivity contribution is 8.48. The highest BCUT2D eigenvalue weighted by atomic mass is 32.5. The molecule has 0 spiro atoms. The average molecular weight is 313 g/mol. The van der Waals surface area contributed by atoms with Gasteiger partial charge in [-0.05, 0) is 5.56 Å². The Morgan fingerprint density at radius 3 is 2.40 bits per heavy atom. The molecule has 0 aromatic heterocycles. The quantitative estimate of drug-likeness (QED) is 0.684. The van der Waals surface area contributed by atoms with Crippen molar-refractivity contribution in [1.82, 2.24) is 0 Å². The standard InChI is InChI=1S/C12H12F5NOS/c13-20(14,15,16,17)8-4-7-11-9-12(18-19-11)10-5-2-1-3-6-10/h1-6,8,11H,7,9H2/b8-4+. The number of rotatable bonds is 4. The van der Waals surface area contributed by atoms with E-state index in [1.807, 2.05) is 6.07 Å². The first kappa shape index (κ1) is 14.8. The van der Waals surface area contributed by atoms with Crippen molar-refractivity contribution in [3.63, 3.8) is 0 Å². The van der Waals surface area contributed by atoms with Crippen LogP contribution >= 0.6 is 10.2 Å². The van der Waals surface area contributed by atoms with E-state index in [9.17, 15) is 19.4 Å². The highest BCUT2D eigenvalue weighted by Crippen LogP contribution is 2.98. The molecule has 0 saturated carbocycles. The molecule has 0 fully saturated rings. The lowest BCUT2D eigenvalue weighted by Crippen LogP contribution is -2.07. The second-order valence-electron chi connectivity index (χ2n) is 4.47. The zero-order valence-corrected chi connectivity index (χ0v) is 11.0. The number of nitrogens with zero attached hydrogens (tertiary/aromatic N) is 1. The molecule has 1 aliphatic rings. The van der Waals surface area contributed by atoms with Crippen molar-refractivity contribution < 1.29 is 24.3 Å². The number of hydrogen-bond donors (Lipinski definition) is 0. The Kier molecular flexibility index (Phi) is 3.12. The van der Waals surface area contributed by atoms with Gasteiger partial charge < -0.3 is 4.84 Å². The minimum Gasteiger partial charge on any atom is -0.392 e. The third kappa shape index (κ3) is 4.84. The van der Waals surface area contributed by atoms with E-state index in [1.165, 1.54) is 0 Å². The topological polar surface area (TPSA) is 21.6 Å². The lowest BCUT2D eigenvalue weighted by molar-refractivity contribution is 0.0879. The lowest BCUT2D eigenvalue weighted by atomic mass is 10.0. The molecular weight excluding hydrogens is 301 g/mol. The second kappa shape index (κ2) is 4.21. The van der Waals surface area contributed by atoms with Gasteiger partial charge in [0.2, 0.25) is 0 Å². The van der Waals surface area contributed by atoms with Gasteiger partial charge in [-0.25, -0.2) is 0 Å². The zero-order valence-electron chi connectivity index (χ0n) is 10.2. The largest absolute Gasteiger partial charge is 0.392 e. The van der Waals surface area contributed by atoms with Crippen LogP contribution in [0.15, 0.2) is 47.0 Å². The Morgan fingerprint density at radius 2 is 1.80 bits per heavy atom. The van der Waals surface area contributed by atoms with Crippen molar-refractivity contribution in [2.75, 3.05) is 0 Å². The Bertz CT molecular complexity index is 552. The predicted octanol–water partition coefficient (Wildman–Crippen LogP) is 5.38. The smallest absolute Gasteiger partial charge is 0.304 e. The third-order valence-corrected chi connectivity index (χ3v) is 3.30. The Hall–Kier alpha value is -1.57. The third-order valence-electron chi connectivity index (χ3n) is 2.59. The van der Waals surface area contributed by atoms with Crippen molar-refractivity contribution in [3.8, 4) is 0 Å². The fourth-order valence-corrected chi connectivity index (χ4v) is 2.22. The van der Waals surface area contributed by atoms with Crippen LogP contribution < -0.4 is 0 Å². The summed E-state index contributed by atoms with van der Waals surface area (Å²) in [5.41, 5.74) is 1.39. The summed E-state index contributed by atoms with van der Waals surface area (Å²) in [6.07, 6.45) is -0.239. The van der Waals surface area contributed by atoms with Crippen molar-refractivity contribution in [2.45, 2.75) is 18.9 Å². The molecule has 0 aliphatic carbocycles. The maximum absolute atomic E-state index is 12.1. The van der Waals surface area contributed by atoms with E-state index in [4.69, 9.17) is 4.84 Å². The summed E-state index contributed by atoms with van der Waals surface area (Å²) in [4.78, 5) is 4.94. The molecule has 0 bridgehead atoms. The molecule has 0 saturated heterocycles. The van der Waals surface area contributed by atoms with Gasteiger partial charge in [-0.1, -0.05) is 61.0 Å². The van der Waals surface area contributed by atoms with Gasteiger partial charge in [0.15, 0.2) is 0 Å². The van der Waals surface area contributed by atoms with E-state index in [0.29, 0.717) is 11.8 Å². The van der Waals surface area contributed by atoms with E-state index in [-0.39, 0.29) is 12.8 Å². The van der Waals surface area contributed by atoms with Crippen LogP contribution in [0.3, 0.4) is 0 Å². The minimum atomic E-state index is -9.48. The molecule has 0 amide bonds. The summed E-state index contributed by atoms with van der Waals surface area (Å²) in [5, 5.41) is 2.82. The van der Waals surface area contributed by atoms with E-state index in [2.05, 4.69) is 5.16 Å². The fourth-order valence-electron chi connectivity index (χ4n) is 1.74. The van der Waals surface area contributed by atoms with Gasteiger partial charge in [-0.3, -0.25) is 0 Å². The first-order valence-electron chi connectivity index (χ1n) is 5.72. The summed E-state index contributed by atoms with van der Waals surface area (Å²) in [6, 6.07) is 8.97. The predicted molar refractivity (Wildman–Crippen MR) is 69.4 cm³/mol. The van der Waals surface area contributed by atoms with E-state index in [1.54, 1.807) is 24.3 Å². The van der Waals surface area contributed by atoms with Gasteiger partial charge in [0.25, 0.3) is 0 Å². The molecule has 0 N–H and O–H groups in total. The Morgan fingerprint density at radius 1 is 1.15 bits per heavy atom. The number of oxime groups is 1. The number of hydrogen-bond acceptors (Lipinski definition) is 2. The fraction of sp³-hybridized carbons (Fsp3) is 0.250. The van der Waals surface area contributed by atoms with Crippen LogP contribution in [0.1, 0.15) is 18.4 Å². The summed E-state index contributed by atoms with van der Waals surface area (Å²) in [6.45, 7) is 0. The summed E-state index contributed by atoms with van der Waals surface area (Å²) in [5.74, 6) is 0. The molecule has 2 nitrogen and oxygen atoms in total. The summed E-state index contributed by atoms with van der Waals surface area (Å²) < 4.78 is 60.4. The van der Waals surface area contributed by atoms with Gasteiger partial charge in [0, 0.05) is 12.8 Å². The van der Waals surface area contributed by atoms with E-state index >= 15 is 0 Å². The molecular formula is C12H12F5NOS. The molecule has 1 aliphatic heterocycles.